The monoisotopic (exact) mass is 293 g/mol. The number of sulfonamides is 1. The van der Waals surface area contributed by atoms with Gasteiger partial charge in [-0.25, -0.2) is 13.1 Å². The Bertz CT molecular complexity index is 526. The van der Waals surface area contributed by atoms with Crippen molar-refractivity contribution in [1.82, 2.24) is 4.72 Å². The van der Waals surface area contributed by atoms with E-state index < -0.39 is 28.8 Å². The summed E-state index contributed by atoms with van der Waals surface area (Å²) in [4.78, 5) is -0.0807. The van der Waals surface area contributed by atoms with Gasteiger partial charge < -0.3 is 10.2 Å². The summed E-state index contributed by atoms with van der Waals surface area (Å²) in [6, 6.07) is 4.54. The Kier molecular flexibility index (Phi) is 4.74. The van der Waals surface area contributed by atoms with Crippen molar-refractivity contribution in [2.45, 2.75) is 24.3 Å². The van der Waals surface area contributed by atoms with Crippen LogP contribution in [0.5, 0.6) is 0 Å². The molecule has 0 atom stereocenters. The van der Waals surface area contributed by atoms with E-state index in [-0.39, 0.29) is 9.92 Å². The van der Waals surface area contributed by atoms with Crippen LogP contribution in [0, 0.1) is 6.92 Å². The quantitative estimate of drug-likeness (QED) is 0.745. The highest BCUT2D eigenvalue weighted by atomic mass is 35.5. The minimum absolute atomic E-state index is 0.0807. The van der Waals surface area contributed by atoms with Gasteiger partial charge in [-0.15, -0.1) is 0 Å². The molecule has 0 amide bonds. The predicted molar refractivity (Wildman–Crippen MR) is 69.1 cm³/mol. The van der Waals surface area contributed by atoms with Gasteiger partial charge in [0, 0.05) is 0 Å². The summed E-state index contributed by atoms with van der Waals surface area (Å²) in [6.45, 7) is 2.15. The largest absolute Gasteiger partial charge is 0.394 e. The fraction of sp³-hybridized carbons (Fsp3) is 0.455. The number of aliphatic hydroxyl groups is 2. The smallest absolute Gasteiger partial charge is 0.242 e. The van der Waals surface area contributed by atoms with Crippen LogP contribution in [0.25, 0.3) is 0 Å². The van der Waals surface area contributed by atoms with Crippen molar-refractivity contribution in [3.63, 3.8) is 0 Å². The molecule has 1 rings (SSSR count). The lowest BCUT2D eigenvalue weighted by molar-refractivity contribution is 0.122. The maximum Gasteiger partial charge on any atom is 0.242 e. The summed E-state index contributed by atoms with van der Waals surface area (Å²) in [6.07, 6.45) is 0. The van der Waals surface area contributed by atoms with E-state index in [1.54, 1.807) is 13.0 Å². The molecule has 0 aromatic heterocycles. The second-order valence-corrected chi connectivity index (χ2v) is 6.47. The van der Waals surface area contributed by atoms with E-state index in [1.165, 1.54) is 19.1 Å². The third-order valence-electron chi connectivity index (χ3n) is 2.46. The molecular formula is C11H16ClNO4S. The molecule has 0 bridgehead atoms. The molecule has 0 saturated carbocycles. The lowest BCUT2D eigenvalue weighted by Gasteiger charge is -2.26. The second kappa shape index (κ2) is 5.54. The van der Waals surface area contributed by atoms with Crippen LogP contribution in [-0.4, -0.2) is 37.4 Å². The number of nitrogens with one attached hydrogen (secondary N) is 1. The number of halogens is 1. The molecule has 7 heteroatoms. The highest BCUT2D eigenvalue weighted by molar-refractivity contribution is 7.89. The van der Waals surface area contributed by atoms with Crippen LogP contribution in [0.15, 0.2) is 23.1 Å². The lowest BCUT2D eigenvalue weighted by atomic mass is 10.1. The van der Waals surface area contributed by atoms with Crippen molar-refractivity contribution in [1.29, 1.82) is 0 Å². The molecule has 102 valence electrons. The molecule has 1 aromatic rings. The van der Waals surface area contributed by atoms with Gasteiger partial charge in [0.1, 0.15) is 4.90 Å². The first-order chi connectivity index (χ1) is 8.24. The average Bonchev–Trinajstić information content (AvgIpc) is 2.27. The fourth-order valence-electron chi connectivity index (χ4n) is 1.32. The van der Waals surface area contributed by atoms with E-state index in [0.717, 1.165) is 5.56 Å². The van der Waals surface area contributed by atoms with Crippen LogP contribution in [0.2, 0.25) is 5.02 Å². The van der Waals surface area contributed by atoms with E-state index >= 15 is 0 Å². The van der Waals surface area contributed by atoms with Crippen molar-refractivity contribution < 1.29 is 18.6 Å². The molecule has 0 aliphatic carbocycles. The molecule has 0 aliphatic heterocycles. The number of benzene rings is 1. The summed E-state index contributed by atoms with van der Waals surface area (Å²) in [7, 11) is -3.89. The first-order valence-corrected chi connectivity index (χ1v) is 7.12. The van der Waals surface area contributed by atoms with E-state index in [2.05, 4.69) is 4.72 Å². The van der Waals surface area contributed by atoms with Gasteiger partial charge in [0.15, 0.2) is 0 Å². The SMILES string of the molecule is Cc1ccc(S(=O)(=O)NC(C)(CO)CO)c(Cl)c1. The summed E-state index contributed by atoms with van der Waals surface area (Å²) < 4.78 is 26.4. The normalized spacial score (nSPS) is 12.7. The molecule has 18 heavy (non-hydrogen) atoms. The van der Waals surface area contributed by atoms with Crippen LogP contribution in [-0.2, 0) is 10.0 Å². The van der Waals surface area contributed by atoms with Gasteiger partial charge in [0.2, 0.25) is 10.0 Å². The van der Waals surface area contributed by atoms with Gasteiger partial charge in [0.05, 0.1) is 23.8 Å². The Morgan fingerprint density at radius 2 is 1.89 bits per heavy atom. The van der Waals surface area contributed by atoms with Crippen molar-refractivity contribution in [3.05, 3.63) is 28.8 Å². The van der Waals surface area contributed by atoms with Crippen molar-refractivity contribution in [3.8, 4) is 0 Å². The first kappa shape index (κ1) is 15.4. The standard InChI is InChI=1S/C11H16ClNO4S/c1-8-3-4-10(9(12)5-8)18(16,17)13-11(2,6-14)7-15/h3-5,13-15H,6-7H2,1-2H3. The summed E-state index contributed by atoms with van der Waals surface area (Å²) in [5, 5.41) is 18.3. The van der Waals surface area contributed by atoms with Gasteiger partial charge in [-0.2, -0.15) is 0 Å². The maximum atomic E-state index is 12.1. The number of aryl methyl sites for hydroxylation is 1. The number of rotatable bonds is 5. The molecule has 0 heterocycles. The predicted octanol–water partition coefficient (Wildman–Crippen LogP) is 0.670. The molecule has 0 unspecified atom stereocenters. The molecular weight excluding hydrogens is 278 g/mol. The molecule has 0 fully saturated rings. The van der Waals surface area contributed by atoms with Gasteiger partial charge in [-0.3, -0.25) is 0 Å². The zero-order valence-corrected chi connectivity index (χ0v) is 11.7. The molecule has 0 spiro atoms. The Morgan fingerprint density at radius 1 is 1.33 bits per heavy atom. The third-order valence-corrected chi connectivity index (χ3v) is 4.58. The van der Waals surface area contributed by atoms with Gasteiger partial charge in [-0.1, -0.05) is 17.7 Å². The number of aliphatic hydroxyl groups excluding tert-OH is 2. The Hall–Kier alpha value is -0.660. The third kappa shape index (κ3) is 3.43. The molecule has 0 radical (unpaired) electrons. The van der Waals surface area contributed by atoms with Crippen LogP contribution in [0.3, 0.4) is 0 Å². The fourth-order valence-corrected chi connectivity index (χ4v) is 3.31. The molecule has 3 N–H and O–H groups in total. The molecule has 5 nitrogen and oxygen atoms in total. The zero-order chi connectivity index (χ0) is 14.0. The van der Waals surface area contributed by atoms with Crippen molar-refractivity contribution >= 4 is 21.6 Å². The number of hydrogen-bond donors (Lipinski definition) is 3. The topological polar surface area (TPSA) is 86.6 Å². The summed E-state index contributed by atoms with van der Waals surface area (Å²) in [5.74, 6) is 0. The van der Waals surface area contributed by atoms with Crippen LogP contribution in [0.4, 0.5) is 0 Å². The lowest BCUT2D eigenvalue weighted by Crippen LogP contribution is -2.51. The number of hydrogen-bond acceptors (Lipinski definition) is 4. The van der Waals surface area contributed by atoms with E-state index in [1.807, 2.05) is 0 Å². The highest BCUT2D eigenvalue weighted by Gasteiger charge is 2.30. The Morgan fingerprint density at radius 3 is 2.33 bits per heavy atom. The Labute approximate surface area is 111 Å². The van der Waals surface area contributed by atoms with Crippen molar-refractivity contribution in [2.24, 2.45) is 0 Å². The van der Waals surface area contributed by atoms with Crippen LogP contribution >= 0.6 is 11.6 Å². The van der Waals surface area contributed by atoms with Crippen LogP contribution in [0.1, 0.15) is 12.5 Å². The van der Waals surface area contributed by atoms with Gasteiger partial charge in [0.25, 0.3) is 0 Å². The van der Waals surface area contributed by atoms with Crippen LogP contribution < -0.4 is 4.72 Å². The second-order valence-electron chi connectivity index (χ2n) is 4.42. The minimum Gasteiger partial charge on any atom is -0.394 e. The molecule has 1 aromatic carbocycles. The summed E-state index contributed by atoms with van der Waals surface area (Å²) in [5.41, 5.74) is -0.487. The Balaban J connectivity index is 3.15. The minimum atomic E-state index is -3.89. The highest BCUT2D eigenvalue weighted by Crippen LogP contribution is 2.23. The first-order valence-electron chi connectivity index (χ1n) is 5.26. The average molecular weight is 294 g/mol. The molecule has 0 saturated heterocycles. The van der Waals surface area contributed by atoms with E-state index in [0.29, 0.717) is 0 Å². The van der Waals surface area contributed by atoms with E-state index in [9.17, 15) is 8.42 Å². The zero-order valence-electron chi connectivity index (χ0n) is 10.1. The maximum absolute atomic E-state index is 12.1. The molecule has 0 aliphatic rings. The van der Waals surface area contributed by atoms with Gasteiger partial charge >= 0.3 is 0 Å². The van der Waals surface area contributed by atoms with Gasteiger partial charge in [-0.05, 0) is 31.5 Å². The summed E-state index contributed by atoms with van der Waals surface area (Å²) >= 11 is 5.89. The van der Waals surface area contributed by atoms with E-state index in [4.69, 9.17) is 21.8 Å². The van der Waals surface area contributed by atoms with Crippen molar-refractivity contribution in [2.75, 3.05) is 13.2 Å².